The van der Waals surface area contributed by atoms with Crippen LogP contribution in [0.15, 0.2) is 30.3 Å². The highest BCUT2D eigenvalue weighted by Gasteiger charge is 2.49. The van der Waals surface area contributed by atoms with Crippen molar-refractivity contribution in [3.8, 4) is 0 Å². The average Bonchev–Trinajstić information content (AvgIpc) is 3.03. The van der Waals surface area contributed by atoms with Crippen LogP contribution in [-0.2, 0) is 4.79 Å². The summed E-state index contributed by atoms with van der Waals surface area (Å²) in [7, 11) is 1.81. The fraction of sp³-hybridized carbons (Fsp3) is 0.692. The molecule has 182 valence electrons. The van der Waals surface area contributed by atoms with Gasteiger partial charge in [-0.15, -0.1) is 0 Å². The molecule has 1 unspecified atom stereocenters. The molecule has 1 aromatic carbocycles. The summed E-state index contributed by atoms with van der Waals surface area (Å²) in [5.41, 5.74) is 6.48. The summed E-state index contributed by atoms with van der Waals surface area (Å²) in [6.45, 7) is 0. The molecule has 0 bridgehead atoms. The summed E-state index contributed by atoms with van der Waals surface area (Å²) in [4.78, 5) is 27.5. The van der Waals surface area contributed by atoms with Gasteiger partial charge in [0.1, 0.15) is 11.8 Å². The summed E-state index contributed by atoms with van der Waals surface area (Å²) in [6, 6.07) is 9.49. The number of carbonyl (C=O) groups excluding carboxylic acids is 2. The zero-order valence-corrected chi connectivity index (χ0v) is 20.0. The predicted molar refractivity (Wildman–Crippen MR) is 131 cm³/mol. The van der Waals surface area contributed by atoms with Gasteiger partial charge in [-0.1, -0.05) is 63.1 Å². The third-order valence-electron chi connectivity index (χ3n) is 8.06. The molecule has 0 radical (unpaired) electrons. The number of nitrogens with two attached hydrogens (primary N) is 1. The zero-order valence-electron chi connectivity index (χ0n) is 20.0. The third kappa shape index (κ3) is 6.07. The largest absolute Gasteiger partial charge is 0.335 e. The summed E-state index contributed by atoms with van der Waals surface area (Å²) in [5.74, 6) is 1.26. The van der Waals surface area contributed by atoms with Crippen molar-refractivity contribution in [2.24, 2.45) is 17.6 Å². The van der Waals surface area contributed by atoms with Crippen LogP contribution in [0.25, 0.3) is 0 Å². The van der Waals surface area contributed by atoms with Crippen LogP contribution in [0.5, 0.6) is 0 Å². The van der Waals surface area contributed by atoms with Crippen molar-refractivity contribution in [1.82, 2.24) is 15.5 Å². The van der Waals surface area contributed by atoms with E-state index < -0.39 is 11.8 Å². The SMILES string of the molecule is CN1C(=O)[C@@](CCC2CCCCC2)(C[C@H]2CCC[C@@H](NC(=O)Nc3ccccc3)C2)NC1N. The van der Waals surface area contributed by atoms with E-state index in [-0.39, 0.29) is 18.0 Å². The standard InChI is InChI=1S/C26H41N5O2/c1-31-23(32)26(30-24(31)27,16-15-19-9-4-2-5-10-19)18-20-11-8-14-22(17-20)29-25(33)28-21-12-6-3-7-13-21/h3,6-7,12-13,19-20,22,24,30H,2,4-5,8-11,14-18,27H2,1H3,(H2,28,29,33)/t20-,22+,24?,26+/m0/s1. The van der Waals surface area contributed by atoms with Crippen molar-refractivity contribution < 1.29 is 9.59 Å². The van der Waals surface area contributed by atoms with E-state index in [0.29, 0.717) is 5.92 Å². The zero-order chi connectivity index (χ0) is 23.3. The number of benzene rings is 1. The van der Waals surface area contributed by atoms with Crippen LogP contribution >= 0.6 is 0 Å². The van der Waals surface area contributed by atoms with Gasteiger partial charge in [-0.25, -0.2) is 4.79 Å². The normalized spacial score (nSPS) is 30.9. The highest BCUT2D eigenvalue weighted by molar-refractivity contribution is 5.89. The van der Waals surface area contributed by atoms with E-state index in [2.05, 4.69) is 16.0 Å². The molecule has 1 saturated heterocycles. The van der Waals surface area contributed by atoms with E-state index in [4.69, 9.17) is 5.73 Å². The molecule has 1 aliphatic heterocycles. The number of nitrogens with zero attached hydrogens (tertiary/aromatic N) is 1. The first kappa shape index (κ1) is 24.0. The van der Waals surface area contributed by atoms with Crippen molar-refractivity contribution in [2.45, 2.75) is 94.9 Å². The highest BCUT2D eigenvalue weighted by atomic mass is 16.2. The second-order valence-corrected chi connectivity index (χ2v) is 10.5. The second kappa shape index (κ2) is 10.9. The van der Waals surface area contributed by atoms with E-state index in [1.54, 1.807) is 4.90 Å². The minimum Gasteiger partial charge on any atom is -0.335 e. The van der Waals surface area contributed by atoms with Crippen molar-refractivity contribution in [3.63, 3.8) is 0 Å². The Balaban J connectivity index is 1.36. The lowest BCUT2D eigenvalue weighted by Gasteiger charge is -2.37. The number of hydrogen-bond acceptors (Lipinski definition) is 4. The number of amides is 3. The molecule has 0 spiro atoms. The topological polar surface area (TPSA) is 99.5 Å². The smallest absolute Gasteiger partial charge is 0.319 e. The van der Waals surface area contributed by atoms with E-state index in [1.165, 1.54) is 32.1 Å². The van der Waals surface area contributed by atoms with Crippen molar-refractivity contribution in [1.29, 1.82) is 0 Å². The number of hydrogen-bond donors (Lipinski definition) is 4. The quantitative estimate of drug-likeness (QED) is 0.496. The average molecular weight is 456 g/mol. The molecule has 4 atom stereocenters. The Labute approximate surface area is 198 Å². The molecule has 4 rings (SSSR count). The number of para-hydroxylation sites is 1. The number of nitrogens with one attached hydrogen (secondary N) is 3. The maximum atomic E-state index is 13.4. The Hall–Kier alpha value is -2.12. The number of carbonyl (C=O) groups is 2. The molecule has 3 fully saturated rings. The monoisotopic (exact) mass is 455 g/mol. The molecule has 0 aromatic heterocycles. The van der Waals surface area contributed by atoms with Gasteiger partial charge in [0.15, 0.2) is 0 Å². The fourth-order valence-electron chi connectivity index (χ4n) is 6.23. The van der Waals surface area contributed by atoms with Crippen LogP contribution in [0, 0.1) is 11.8 Å². The number of likely N-dealkylation sites (N-methyl/N-ethyl adjacent to an activating group) is 1. The Morgan fingerprint density at radius 3 is 2.52 bits per heavy atom. The first-order valence-corrected chi connectivity index (χ1v) is 12.9. The van der Waals surface area contributed by atoms with Crippen molar-refractivity contribution >= 4 is 17.6 Å². The van der Waals surface area contributed by atoms with Gasteiger partial charge in [-0.2, -0.15) is 0 Å². The van der Waals surface area contributed by atoms with Gasteiger partial charge in [0.25, 0.3) is 0 Å². The van der Waals surface area contributed by atoms with Crippen LogP contribution < -0.4 is 21.7 Å². The second-order valence-electron chi connectivity index (χ2n) is 10.5. The highest BCUT2D eigenvalue weighted by Crippen LogP contribution is 2.38. The Morgan fingerprint density at radius 1 is 1.09 bits per heavy atom. The Bertz CT molecular complexity index is 797. The molecular formula is C26H41N5O2. The van der Waals surface area contributed by atoms with Crippen molar-refractivity contribution in [2.75, 3.05) is 12.4 Å². The molecule has 33 heavy (non-hydrogen) atoms. The molecular weight excluding hydrogens is 414 g/mol. The molecule has 1 heterocycles. The van der Waals surface area contributed by atoms with Gasteiger partial charge in [0.05, 0.1) is 0 Å². The summed E-state index contributed by atoms with van der Waals surface area (Å²) < 4.78 is 0. The van der Waals surface area contributed by atoms with Crippen LogP contribution in [-0.4, -0.2) is 41.8 Å². The van der Waals surface area contributed by atoms with Crippen LogP contribution in [0.2, 0.25) is 0 Å². The first-order chi connectivity index (χ1) is 15.9. The summed E-state index contributed by atoms with van der Waals surface area (Å²) in [6.07, 6.45) is 12.9. The molecule has 5 N–H and O–H groups in total. The molecule has 2 saturated carbocycles. The lowest BCUT2D eigenvalue weighted by molar-refractivity contribution is -0.133. The molecule has 7 nitrogen and oxygen atoms in total. The van der Waals surface area contributed by atoms with Crippen LogP contribution in [0.1, 0.15) is 77.0 Å². The summed E-state index contributed by atoms with van der Waals surface area (Å²) in [5, 5.41) is 9.57. The minimum atomic E-state index is -0.565. The molecule has 3 amide bonds. The van der Waals surface area contributed by atoms with Crippen LogP contribution in [0.4, 0.5) is 10.5 Å². The molecule has 7 heteroatoms. The molecule has 3 aliphatic rings. The maximum absolute atomic E-state index is 13.4. The van der Waals surface area contributed by atoms with Crippen LogP contribution in [0.3, 0.4) is 0 Å². The minimum absolute atomic E-state index is 0.130. The van der Waals surface area contributed by atoms with Gasteiger partial charge in [-0.05, 0) is 56.1 Å². The van der Waals surface area contributed by atoms with E-state index >= 15 is 0 Å². The number of anilines is 1. The maximum Gasteiger partial charge on any atom is 0.319 e. The van der Waals surface area contributed by atoms with E-state index in [1.807, 2.05) is 37.4 Å². The molecule has 2 aliphatic carbocycles. The number of urea groups is 1. The van der Waals surface area contributed by atoms with Gasteiger partial charge < -0.3 is 15.5 Å². The lowest BCUT2D eigenvalue weighted by atomic mass is 9.74. The lowest BCUT2D eigenvalue weighted by Crippen LogP contribution is -2.51. The van der Waals surface area contributed by atoms with E-state index in [0.717, 1.165) is 56.6 Å². The van der Waals surface area contributed by atoms with Gasteiger partial charge in [0.2, 0.25) is 5.91 Å². The van der Waals surface area contributed by atoms with Gasteiger partial charge in [-0.3, -0.25) is 15.8 Å². The number of rotatable bonds is 7. The molecule has 1 aromatic rings. The van der Waals surface area contributed by atoms with Gasteiger partial charge in [0, 0.05) is 18.8 Å². The first-order valence-electron chi connectivity index (χ1n) is 12.9. The van der Waals surface area contributed by atoms with E-state index in [9.17, 15) is 9.59 Å². The Morgan fingerprint density at radius 2 is 1.82 bits per heavy atom. The fourth-order valence-corrected chi connectivity index (χ4v) is 6.23. The Kier molecular flexibility index (Phi) is 7.91. The third-order valence-corrected chi connectivity index (χ3v) is 8.06. The summed E-state index contributed by atoms with van der Waals surface area (Å²) >= 11 is 0. The van der Waals surface area contributed by atoms with Gasteiger partial charge >= 0.3 is 6.03 Å². The van der Waals surface area contributed by atoms with Crippen molar-refractivity contribution in [3.05, 3.63) is 30.3 Å². The predicted octanol–water partition coefficient (Wildman–Crippen LogP) is 4.16.